The fourth-order valence-corrected chi connectivity index (χ4v) is 2.75. The van der Waals surface area contributed by atoms with Gasteiger partial charge in [0.15, 0.2) is 5.82 Å². The van der Waals surface area contributed by atoms with E-state index in [2.05, 4.69) is 56.6 Å². The number of rotatable bonds is 3. The predicted octanol–water partition coefficient (Wildman–Crippen LogP) is 3.04. The van der Waals surface area contributed by atoms with E-state index in [0.717, 1.165) is 15.6 Å². The van der Waals surface area contributed by atoms with Crippen LogP contribution in [0.15, 0.2) is 46.9 Å². The van der Waals surface area contributed by atoms with Crippen LogP contribution in [0, 0.1) is 6.92 Å². The maximum absolute atomic E-state index is 5.88. The monoisotopic (exact) mass is 343 g/mol. The van der Waals surface area contributed by atoms with Crippen LogP contribution >= 0.6 is 15.9 Å². The van der Waals surface area contributed by atoms with Crippen molar-refractivity contribution in [3.63, 3.8) is 0 Å². The van der Waals surface area contributed by atoms with Gasteiger partial charge in [-0.05, 0) is 41.1 Å². The lowest BCUT2D eigenvalue weighted by Crippen LogP contribution is -2.05. The van der Waals surface area contributed by atoms with E-state index in [0.29, 0.717) is 18.1 Å². The van der Waals surface area contributed by atoms with Crippen LogP contribution in [0.3, 0.4) is 0 Å². The van der Waals surface area contributed by atoms with Crippen molar-refractivity contribution >= 4 is 21.6 Å². The third-order valence-electron chi connectivity index (χ3n) is 3.13. The first kappa shape index (κ1) is 13.8. The van der Waals surface area contributed by atoms with Crippen LogP contribution in [0.25, 0.3) is 11.4 Å². The van der Waals surface area contributed by atoms with Crippen LogP contribution in [0.5, 0.6) is 0 Å². The Morgan fingerprint density at radius 3 is 2.81 bits per heavy atom. The molecule has 2 N–H and O–H groups in total. The van der Waals surface area contributed by atoms with E-state index < -0.39 is 0 Å². The van der Waals surface area contributed by atoms with Gasteiger partial charge >= 0.3 is 0 Å². The van der Waals surface area contributed by atoms with Crippen LogP contribution in [0.1, 0.15) is 11.1 Å². The summed E-state index contributed by atoms with van der Waals surface area (Å²) in [7, 11) is 0. The zero-order valence-electron chi connectivity index (χ0n) is 11.5. The Hall–Kier alpha value is -2.21. The first-order valence-corrected chi connectivity index (χ1v) is 7.29. The van der Waals surface area contributed by atoms with Gasteiger partial charge < -0.3 is 5.73 Å². The molecule has 0 amide bonds. The summed E-state index contributed by atoms with van der Waals surface area (Å²) in [6.45, 7) is 2.69. The Bertz CT molecular complexity index is 761. The smallest absolute Gasteiger partial charge is 0.182 e. The van der Waals surface area contributed by atoms with E-state index >= 15 is 0 Å². The Balaban J connectivity index is 1.97. The second-order valence-corrected chi connectivity index (χ2v) is 5.84. The van der Waals surface area contributed by atoms with E-state index in [4.69, 9.17) is 5.73 Å². The SMILES string of the molecule is Cc1cccc(Cn2nnnc2-c2cc(N)cc(Br)c2)c1. The van der Waals surface area contributed by atoms with E-state index in [9.17, 15) is 0 Å². The van der Waals surface area contributed by atoms with Crippen LogP contribution in [0.2, 0.25) is 0 Å². The van der Waals surface area contributed by atoms with Gasteiger partial charge in [0.2, 0.25) is 0 Å². The minimum Gasteiger partial charge on any atom is -0.399 e. The Labute approximate surface area is 130 Å². The van der Waals surface area contributed by atoms with Gasteiger partial charge in [-0.25, -0.2) is 4.68 Å². The molecule has 1 heterocycles. The number of nitrogens with zero attached hydrogens (tertiary/aromatic N) is 4. The molecule has 0 aliphatic carbocycles. The van der Waals surface area contributed by atoms with Crippen molar-refractivity contribution in [3.05, 3.63) is 58.1 Å². The number of halogens is 1. The maximum atomic E-state index is 5.88. The number of nitrogens with two attached hydrogens (primary N) is 1. The van der Waals surface area contributed by atoms with Gasteiger partial charge in [-0.1, -0.05) is 45.8 Å². The molecule has 0 atom stereocenters. The normalized spacial score (nSPS) is 10.8. The second kappa shape index (κ2) is 5.65. The van der Waals surface area contributed by atoms with Gasteiger partial charge in [0.1, 0.15) is 0 Å². The van der Waals surface area contributed by atoms with E-state index in [1.807, 2.05) is 24.3 Å². The number of aromatic nitrogens is 4. The number of hydrogen-bond donors (Lipinski definition) is 1. The highest BCUT2D eigenvalue weighted by Crippen LogP contribution is 2.24. The number of aryl methyl sites for hydroxylation is 1. The molecule has 21 heavy (non-hydrogen) atoms. The average molecular weight is 344 g/mol. The summed E-state index contributed by atoms with van der Waals surface area (Å²) < 4.78 is 2.68. The maximum Gasteiger partial charge on any atom is 0.182 e. The second-order valence-electron chi connectivity index (χ2n) is 4.92. The van der Waals surface area contributed by atoms with Crippen molar-refractivity contribution in [1.29, 1.82) is 0 Å². The van der Waals surface area contributed by atoms with E-state index in [-0.39, 0.29) is 0 Å². The average Bonchev–Trinajstić information content (AvgIpc) is 2.85. The molecule has 0 radical (unpaired) electrons. The third kappa shape index (κ3) is 3.11. The van der Waals surface area contributed by atoms with Crippen molar-refractivity contribution in [1.82, 2.24) is 20.2 Å². The molecule has 0 fully saturated rings. The fourth-order valence-electron chi connectivity index (χ4n) is 2.24. The van der Waals surface area contributed by atoms with Gasteiger partial charge in [0.05, 0.1) is 6.54 Å². The summed E-state index contributed by atoms with van der Waals surface area (Å²) in [4.78, 5) is 0. The molecule has 106 valence electrons. The molecule has 0 spiro atoms. The molecule has 0 saturated carbocycles. The highest BCUT2D eigenvalue weighted by Gasteiger charge is 2.10. The lowest BCUT2D eigenvalue weighted by Gasteiger charge is -2.07. The number of nitrogen functional groups attached to an aromatic ring is 1. The zero-order valence-corrected chi connectivity index (χ0v) is 13.1. The summed E-state index contributed by atoms with van der Waals surface area (Å²) in [5, 5.41) is 12.0. The number of hydrogen-bond acceptors (Lipinski definition) is 4. The largest absolute Gasteiger partial charge is 0.399 e. The van der Waals surface area contributed by atoms with Gasteiger partial charge in [0.25, 0.3) is 0 Å². The number of tetrazole rings is 1. The summed E-state index contributed by atoms with van der Waals surface area (Å²) >= 11 is 3.44. The topological polar surface area (TPSA) is 69.6 Å². The predicted molar refractivity (Wildman–Crippen MR) is 85.6 cm³/mol. The van der Waals surface area contributed by atoms with Crippen LogP contribution < -0.4 is 5.73 Å². The van der Waals surface area contributed by atoms with Crippen LogP contribution in [-0.2, 0) is 6.54 Å². The lowest BCUT2D eigenvalue weighted by molar-refractivity contribution is 0.653. The van der Waals surface area contributed by atoms with Crippen LogP contribution in [0.4, 0.5) is 5.69 Å². The molecule has 3 aromatic rings. The Morgan fingerprint density at radius 1 is 1.19 bits per heavy atom. The molecular weight excluding hydrogens is 330 g/mol. The van der Waals surface area contributed by atoms with Crippen molar-refractivity contribution in [2.75, 3.05) is 5.73 Å². The summed E-state index contributed by atoms with van der Waals surface area (Å²) in [5.74, 6) is 0.699. The summed E-state index contributed by atoms with van der Waals surface area (Å²) in [6.07, 6.45) is 0. The molecule has 5 nitrogen and oxygen atoms in total. The lowest BCUT2D eigenvalue weighted by atomic mass is 10.1. The molecule has 0 saturated heterocycles. The highest BCUT2D eigenvalue weighted by atomic mass is 79.9. The molecule has 2 aromatic carbocycles. The molecule has 0 bridgehead atoms. The van der Waals surface area contributed by atoms with Crippen molar-refractivity contribution < 1.29 is 0 Å². The van der Waals surface area contributed by atoms with Crippen molar-refractivity contribution in [2.24, 2.45) is 0 Å². The van der Waals surface area contributed by atoms with E-state index in [1.54, 1.807) is 4.68 Å². The molecule has 1 aromatic heterocycles. The Morgan fingerprint density at radius 2 is 2.05 bits per heavy atom. The molecule has 0 aliphatic rings. The van der Waals surface area contributed by atoms with Gasteiger partial charge in [0, 0.05) is 15.7 Å². The first-order valence-electron chi connectivity index (χ1n) is 6.50. The van der Waals surface area contributed by atoms with Crippen molar-refractivity contribution in [3.8, 4) is 11.4 Å². The summed E-state index contributed by atoms with van der Waals surface area (Å²) in [5.41, 5.74) is 9.81. The van der Waals surface area contributed by atoms with Gasteiger partial charge in [-0.3, -0.25) is 0 Å². The third-order valence-corrected chi connectivity index (χ3v) is 3.58. The van der Waals surface area contributed by atoms with Crippen molar-refractivity contribution in [2.45, 2.75) is 13.5 Å². The minimum absolute atomic E-state index is 0.621. The zero-order chi connectivity index (χ0) is 14.8. The molecule has 0 aliphatic heterocycles. The van der Waals surface area contributed by atoms with Crippen LogP contribution in [-0.4, -0.2) is 20.2 Å². The standard InChI is InChI=1S/C15H14BrN5/c1-10-3-2-4-11(5-10)9-21-15(18-19-20-21)12-6-13(16)8-14(17)7-12/h2-8H,9,17H2,1H3. The highest BCUT2D eigenvalue weighted by molar-refractivity contribution is 9.10. The Kier molecular flexibility index (Phi) is 3.70. The number of benzene rings is 2. The van der Waals surface area contributed by atoms with Gasteiger partial charge in [-0.15, -0.1) is 5.10 Å². The first-order chi connectivity index (χ1) is 10.1. The minimum atomic E-state index is 0.621. The van der Waals surface area contributed by atoms with E-state index in [1.165, 1.54) is 5.56 Å². The molecular formula is C15H14BrN5. The summed E-state index contributed by atoms with van der Waals surface area (Å²) in [6, 6.07) is 14.0. The van der Waals surface area contributed by atoms with Gasteiger partial charge in [-0.2, -0.15) is 0 Å². The molecule has 3 rings (SSSR count). The molecule has 0 unspecified atom stereocenters. The number of anilines is 1. The fraction of sp³-hybridized carbons (Fsp3) is 0.133. The molecule has 6 heteroatoms. The quantitative estimate of drug-likeness (QED) is 0.742.